The number of benzene rings is 1. The maximum absolute atomic E-state index is 9.24. The normalized spacial score (nSPS) is 11.6. The molecule has 0 aliphatic rings. The van der Waals surface area contributed by atoms with Crippen molar-refractivity contribution in [2.75, 3.05) is 0 Å². The van der Waals surface area contributed by atoms with Gasteiger partial charge in [-0.05, 0) is 19.1 Å². The van der Waals surface area contributed by atoms with Crippen molar-refractivity contribution in [2.24, 2.45) is 5.16 Å². The molecule has 3 N–H and O–H groups in total. The predicted molar refractivity (Wildman–Crippen MR) is 43.8 cm³/mol. The van der Waals surface area contributed by atoms with Crippen LogP contribution in [0.25, 0.3) is 0 Å². The summed E-state index contributed by atoms with van der Waals surface area (Å²) in [6, 6.07) is 4.31. The van der Waals surface area contributed by atoms with Crippen molar-refractivity contribution in [3.8, 4) is 11.5 Å². The first-order valence-corrected chi connectivity index (χ1v) is 3.36. The summed E-state index contributed by atoms with van der Waals surface area (Å²) in [6.07, 6.45) is 0. The van der Waals surface area contributed by atoms with Gasteiger partial charge in [0.05, 0.1) is 11.3 Å². The highest BCUT2D eigenvalue weighted by atomic mass is 16.4. The first-order chi connectivity index (χ1) is 5.66. The summed E-state index contributed by atoms with van der Waals surface area (Å²) >= 11 is 0. The molecule has 0 heterocycles. The van der Waals surface area contributed by atoms with Gasteiger partial charge >= 0.3 is 0 Å². The van der Waals surface area contributed by atoms with Gasteiger partial charge in [-0.3, -0.25) is 0 Å². The molecule has 0 fully saturated rings. The SMILES string of the molecule is CC(=NO)c1c(O)cccc1O. The lowest BCUT2D eigenvalue weighted by molar-refractivity contribution is 0.318. The zero-order chi connectivity index (χ0) is 9.14. The summed E-state index contributed by atoms with van der Waals surface area (Å²) in [5, 5.41) is 29.8. The molecule has 0 spiro atoms. The number of hydrogen-bond acceptors (Lipinski definition) is 4. The van der Waals surface area contributed by atoms with Crippen LogP contribution in [-0.2, 0) is 0 Å². The molecule has 0 radical (unpaired) electrons. The van der Waals surface area contributed by atoms with Crippen LogP contribution in [0.15, 0.2) is 23.4 Å². The topological polar surface area (TPSA) is 73.1 Å². The van der Waals surface area contributed by atoms with Crippen molar-refractivity contribution >= 4 is 5.71 Å². The Morgan fingerprint density at radius 3 is 2.17 bits per heavy atom. The highest BCUT2D eigenvalue weighted by molar-refractivity contribution is 6.02. The molecule has 0 bridgehead atoms. The third-order valence-corrected chi connectivity index (χ3v) is 1.53. The smallest absolute Gasteiger partial charge is 0.128 e. The molecule has 1 aromatic carbocycles. The zero-order valence-corrected chi connectivity index (χ0v) is 6.52. The lowest BCUT2D eigenvalue weighted by Crippen LogP contribution is -1.95. The van der Waals surface area contributed by atoms with Gasteiger partial charge in [-0.2, -0.15) is 0 Å². The maximum Gasteiger partial charge on any atom is 0.128 e. The van der Waals surface area contributed by atoms with Crippen LogP contribution in [0, 0.1) is 0 Å². The van der Waals surface area contributed by atoms with Crippen LogP contribution in [0.4, 0.5) is 0 Å². The van der Waals surface area contributed by atoms with Crippen LogP contribution < -0.4 is 0 Å². The number of nitrogens with zero attached hydrogens (tertiary/aromatic N) is 1. The molecule has 4 nitrogen and oxygen atoms in total. The van der Waals surface area contributed by atoms with Crippen LogP contribution in [0.2, 0.25) is 0 Å². The Morgan fingerprint density at radius 1 is 1.25 bits per heavy atom. The van der Waals surface area contributed by atoms with Crippen molar-refractivity contribution in [1.82, 2.24) is 0 Å². The van der Waals surface area contributed by atoms with Gasteiger partial charge in [0.25, 0.3) is 0 Å². The molecule has 64 valence electrons. The fourth-order valence-electron chi connectivity index (χ4n) is 0.949. The van der Waals surface area contributed by atoms with Gasteiger partial charge in [0.15, 0.2) is 0 Å². The van der Waals surface area contributed by atoms with Crippen LogP contribution >= 0.6 is 0 Å². The Labute approximate surface area is 69.4 Å². The molecule has 1 aromatic rings. The standard InChI is InChI=1S/C8H9NO3/c1-5(9-12)8-6(10)3-2-4-7(8)11/h2-4,10-12H,1H3. The van der Waals surface area contributed by atoms with E-state index in [9.17, 15) is 10.2 Å². The van der Waals surface area contributed by atoms with Gasteiger partial charge in [-0.25, -0.2) is 0 Å². The monoisotopic (exact) mass is 167 g/mol. The van der Waals surface area contributed by atoms with E-state index in [1.54, 1.807) is 0 Å². The average molecular weight is 167 g/mol. The number of phenols is 2. The molecule has 0 aliphatic heterocycles. The molecule has 0 saturated carbocycles. The van der Waals surface area contributed by atoms with Crippen molar-refractivity contribution < 1.29 is 15.4 Å². The van der Waals surface area contributed by atoms with Gasteiger partial charge in [0, 0.05) is 0 Å². The van der Waals surface area contributed by atoms with E-state index in [0.717, 1.165) is 0 Å². The Morgan fingerprint density at radius 2 is 1.75 bits per heavy atom. The van der Waals surface area contributed by atoms with Gasteiger partial charge in [-0.15, -0.1) is 0 Å². The molecule has 0 unspecified atom stereocenters. The van der Waals surface area contributed by atoms with E-state index in [2.05, 4.69) is 5.16 Å². The van der Waals surface area contributed by atoms with Crippen LogP contribution in [0.1, 0.15) is 12.5 Å². The summed E-state index contributed by atoms with van der Waals surface area (Å²) in [5.74, 6) is -0.212. The van der Waals surface area contributed by atoms with Gasteiger partial charge in [0.1, 0.15) is 11.5 Å². The van der Waals surface area contributed by atoms with E-state index in [1.165, 1.54) is 25.1 Å². The van der Waals surface area contributed by atoms with Crippen LogP contribution in [-0.4, -0.2) is 21.1 Å². The van der Waals surface area contributed by atoms with Crippen LogP contribution in [0.5, 0.6) is 11.5 Å². The van der Waals surface area contributed by atoms with Crippen molar-refractivity contribution in [1.29, 1.82) is 0 Å². The molecule has 0 atom stereocenters. The first-order valence-electron chi connectivity index (χ1n) is 3.36. The number of hydrogen-bond donors (Lipinski definition) is 3. The van der Waals surface area contributed by atoms with E-state index in [1.807, 2.05) is 0 Å². The number of rotatable bonds is 1. The van der Waals surface area contributed by atoms with Crippen molar-refractivity contribution in [3.63, 3.8) is 0 Å². The number of oxime groups is 1. The van der Waals surface area contributed by atoms with Gasteiger partial charge in [-0.1, -0.05) is 11.2 Å². The maximum atomic E-state index is 9.24. The zero-order valence-electron chi connectivity index (χ0n) is 6.52. The molecule has 0 saturated heterocycles. The number of phenolic OH excluding ortho intramolecular Hbond substituents is 2. The molecule has 0 aromatic heterocycles. The van der Waals surface area contributed by atoms with E-state index in [-0.39, 0.29) is 22.8 Å². The second-order valence-electron chi connectivity index (χ2n) is 2.36. The summed E-state index contributed by atoms with van der Waals surface area (Å²) in [7, 11) is 0. The first kappa shape index (κ1) is 8.39. The molecule has 0 aliphatic carbocycles. The summed E-state index contributed by atoms with van der Waals surface area (Å²) in [4.78, 5) is 0. The lowest BCUT2D eigenvalue weighted by atomic mass is 10.1. The van der Waals surface area contributed by atoms with Crippen molar-refractivity contribution in [2.45, 2.75) is 6.92 Å². The number of aromatic hydroxyl groups is 2. The van der Waals surface area contributed by atoms with Gasteiger partial charge < -0.3 is 15.4 Å². The minimum Gasteiger partial charge on any atom is -0.507 e. The van der Waals surface area contributed by atoms with Crippen molar-refractivity contribution in [3.05, 3.63) is 23.8 Å². The second-order valence-corrected chi connectivity index (χ2v) is 2.36. The third kappa shape index (κ3) is 1.32. The fraction of sp³-hybridized carbons (Fsp3) is 0.125. The van der Waals surface area contributed by atoms with Crippen LogP contribution in [0.3, 0.4) is 0 Å². The van der Waals surface area contributed by atoms with E-state index in [4.69, 9.17) is 5.21 Å². The second kappa shape index (κ2) is 3.13. The van der Waals surface area contributed by atoms with E-state index < -0.39 is 0 Å². The Hall–Kier alpha value is -1.71. The fourth-order valence-corrected chi connectivity index (χ4v) is 0.949. The third-order valence-electron chi connectivity index (χ3n) is 1.53. The molecule has 0 amide bonds. The quantitative estimate of drug-likeness (QED) is 0.335. The van der Waals surface area contributed by atoms with E-state index in [0.29, 0.717) is 0 Å². The highest BCUT2D eigenvalue weighted by Crippen LogP contribution is 2.26. The minimum absolute atomic E-state index is 0.106. The van der Waals surface area contributed by atoms with E-state index >= 15 is 0 Å². The average Bonchev–Trinajstić information content (AvgIpc) is 2.03. The van der Waals surface area contributed by atoms with Gasteiger partial charge in [0.2, 0.25) is 0 Å². The Kier molecular flexibility index (Phi) is 2.19. The lowest BCUT2D eigenvalue weighted by Gasteiger charge is -2.03. The Bertz CT molecular complexity index is 300. The molecule has 1 rings (SSSR count). The molecular weight excluding hydrogens is 158 g/mol. The predicted octanol–water partition coefficient (Wildman–Crippen LogP) is 1.30. The molecule has 12 heavy (non-hydrogen) atoms. The molecular formula is C8H9NO3. The highest BCUT2D eigenvalue weighted by Gasteiger charge is 2.09. The summed E-state index contributed by atoms with van der Waals surface area (Å²) < 4.78 is 0. The summed E-state index contributed by atoms with van der Waals surface area (Å²) in [6.45, 7) is 1.48. The Balaban J connectivity index is 3.31. The molecule has 4 heteroatoms. The summed E-state index contributed by atoms with van der Waals surface area (Å²) in [5.41, 5.74) is 0.325. The largest absolute Gasteiger partial charge is 0.507 e. The minimum atomic E-state index is -0.106.